The standard InChI is InChI=1S/C17H24FNO/c1-12-8-9-14(3)19(10-12)11-13(2)17(20)15-6-4-5-7-16(15)18/h4-7,12-14H,8-11H2,1-3H3. The molecule has 1 heterocycles. The van der Waals surface area contributed by atoms with Crippen LogP contribution >= 0.6 is 0 Å². The summed E-state index contributed by atoms with van der Waals surface area (Å²) < 4.78 is 13.7. The van der Waals surface area contributed by atoms with Crippen molar-refractivity contribution in [2.24, 2.45) is 11.8 Å². The second kappa shape index (κ2) is 6.49. The van der Waals surface area contributed by atoms with Gasteiger partial charge in [0.1, 0.15) is 5.82 Å². The predicted octanol–water partition coefficient (Wildman–Crippen LogP) is 3.76. The molecule has 0 saturated carbocycles. The molecular weight excluding hydrogens is 253 g/mol. The summed E-state index contributed by atoms with van der Waals surface area (Å²) >= 11 is 0. The zero-order valence-electron chi connectivity index (χ0n) is 12.6. The fraction of sp³-hybridized carbons (Fsp3) is 0.588. The normalized spacial score (nSPS) is 25.4. The van der Waals surface area contributed by atoms with Gasteiger partial charge in [0.25, 0.3) is 0 Å². The number of benzene rings is 1. The lowest BCUT2D eigenvalue weighted by atomic mass is 9.92. The first-order chi connectivity index (χ1) is 9.49. The first-order valence-corrected chi connectivity index (χ1v) is 7.51. The van der Waals surface area contributed by atoms with Gasteiger partial charge in [-0.05, 0) is 37.8 Å². The molecule has 1 aromatic rings. The lowest BCUT2D eigenvalue weighted by molar-refractivity contribution is 0.0783. The van der Waals surface area contributed by atoms with Crippen molar-refractivity contribution in [2.75, 3.05) is 13.1 Å². The summed E-state index contributed by atoms with van der Waals surface area (Å²) in [4.78, 5) is 14.7. The van der Waals surface area contributed by atoms with E-state index in [1.54, 1.807) is 18.2 Å². The maximum absolute atomic E-state index is 13.7. The Kier molecular flexibility index (Phi) is 4.92. The number of ketones is 1. The summed E-state index contributed by atoms with van der Waals surface area (Å²) in [5, 5.41) is 0. The Morgan fingerprint density at radius 2 is 2.05 bits per heavy atom. The molecule has 0 aromatic heterocycles. The Hall–Kier alpha value is -1.22. The zero-order valence-corrected chi connectivity index (χ0v) is 12.6. The molecule has 1 aliphatic rings. The monoisotopic (exact) mass is 277 g/mol. The molecule has 110 valence electrons. The fourth-order valence-corrected chi connectivity index (χ4v) is 3.00. The summed E-state index contributed by atoms with van der Waals surface area (Å²) in [5.74, 6) is 0.0135. The molecule has 1 saturated heterocycles. The van der Waals surface area contributed by atoms with Crippen LogP contribution in [0.25, 0.3) is 0 Å². The van der Waals surface area contributed by atoms with Gasteiger partial charge in [0.2, 0.25) is 0 Å². The van der Waals surface area contributed by atoms with Crippen molar-refractivity contribution in [2.45, 2.75) is 39.7 Å². The van der Waals surface area contributed by atoms with Crippen molar-refractivity contribution in [3.8, 4) is 0 Å². The maximum atomic E-state index is 13.7. The number of carbonyl (C=O) groups is 1. The van der Waals surface area contributed by atoms with E-state index >= 15 is 0 Å². The smallest absolute Gasteiger partial charge is 0.169 e. The molecule has 3 unspecified atom stereocenters. The zero-order chi connectivity index (χ0) is 14.7. The highest BCUT2D eigenvalue weighted by atomic mass is 19.1. The van der Waals surface area contributed by atoms with Crippen LogP contribution in [0.4, 0.5) is 4.39 Å². The van der Waals surface area contributed by atoms with Crippen LogP contribution in [0, 0.1) is 17.7 Å². The third kappa shape index (κ3) is 3.45. The lowest BCUT2D eigenvalue weighted by Gasteiger charge is -2.38. The number of hydrogen-bond acceptors (Lipinski definition) is 2. The van der Waals surface area contributed by atoms with Crippen molar-refractivity contribution >= 4 is 5.78 Å². The number of nitrogens with zero attached hydrogens (tertiary/aromatic N) is 1. The Morgan fingerprint density at radius 1 is 1.35 bits per heavy atom. The van der Waals surface area contributed by atoms with Crippen LogP contribution in [0.15, 0.2) is 24.3 Å². The van der Waals surface area contributed by atoms with Crippen molar-refractivity contribution < 1.29 is 9.18 Å². The van der Waals surface area contributed by atoms with Gasteiger partial charge in [-0.1, -0.05) is 26.0 Å². The summed E-state index contributed by atoms with van der Waals surface area (Å²) in [6.07, 6.45) is 2.44. The molecule has 0 amide bonds. The molecular formula is C17H24FNO. The predicted molar refractivity (Wildman–Crippen MR) is 79.3 cm³/mol. The van der Waals surface area contributed by atoms with Gasteiger partial charge in [-0.15, -0.1) is 0 Å². The largest absolute Gasteiger partial charge is 0.300 e. The third-order valence-electron chi connectivity index (χ3n) is 4.34. The molecule has 1 aromatic carbocycles. The molecule has 3 heteroatoms. The number of hydrogen-bond donors (Lipinski definition) is 0. The van der Waals surface area contributed by atoms with E-state index in [0.717, 1.165) is 13.1 Å². The van der Waals surface area contributed by atoms with E-state index in [-0.39, 0.29) is 17.3 Å². The topological polar surface area (TPSA) is 20.3 Å². The lowest BCUT2D eigenvalue weighted by Crippen LogP contribution is -2.44. The average Bonchev–Trinajstić information content (AvgIpc) is 2.42. The molecule has 0 radical (unpaired) electrons. The molecule has 0 spiro atoms. The van der Waals surface area contributed by atoms with Gasteiger partial charge in [-0.3, -0.25) is 9.69 Å². The van der Waals surface area contributed by atoms with Gasteiger partial charge >= 0.3 is 0 Å². The van der Waals surface area contributed by atoms with Crippen LogP contribution in [0.1, 0.15) is 44.0 Å². The molecule has 20 heavy (non-hydrogen) atoms. The molecule has 0 bridgehead atoms. The van der Waals surface area contributed by atoms with Gasteiger partial charge in [0.15, 0.2) is 5.78 Å². The Morgan fingerprint density at radius 3 is 2.75 bits per heavy atom. The Labute approximate surface area is 121 Å². The first-order valence-electron chi connectivity index (χ1n) is 7.51. The Bertz CT molecular complexity index is 474. The van der Waals surface area contributed by atoms with Crippen LogP contribution in [-0.2, 0) is 0 Å². The number of piperidine rings is 1. The van der Waals surface area contributed by atoms with Gasteiger partial charge in [-0.25, -0.2) is 4.39 Å². The number of likely N-dealkylation sites (tertiary alicyclic amines) is 1. The number of halogens is 1. The Balaban J connectivity index is 2.02. The average molecular weight is 277 g/mol. The summed E-state index contributed by atoms with van der Waals surface area (Å²) in [6.45, 7) is 8.13. The highest BCUT2D eigenvalue weighted by Gasteiger charge is 2.27. The number of Topliss-reactive ketones (excluding diaryl/α,β-unsaturated/α-hetero) is 1. The van der Waals surface area contributed by atoms with Gasteiger partial charge in [0.05, 0.1) is 5.56 Å². The summed E-state index contributed by atoms with van der Waals surface area (Å²) in [6, 6.07) is 6.78. The molecule has 2 rings (SSSR count). The number of rotatable bonds is 4. The van der Waals surface area contributed by atoms with E-state index in [1.165, 1.54) is 18.9 Å². The quantitative estimate of drug-likeness (QED) is 0.781. The maximum Gasteiger partial charge on any atom is 0.169 e. The minimum Gasteiger partial charge on any atom is -0.300 e. The SMILES string of the molecule is CC1CCC(C)N(CC(C)C(=O)c2ccccc2F)C1. The van der Waals surface area contributed by atoms with E-state index < -0.39 is 5.82 Å². The minimum absolute atomic E-state index is 0.0893. The molecule has 3 atom stereocenters. The highest BCUT2D eigenvalue weighted by molar-refractivity contribution is 5.98. The van der Waals surface area contributed by atoms with Crippen molar-refractivity contribution in [1.29, 1.82) is 0 Å². The molecule has 0 aliphatic carbocycles. The number of carbonyl (C=O) groups excluding carboxylic acids is 1. The second-order valence-corrected chi connectivity index (χ2v) is 6.23. The molecule has 1 aliphatic heterocycles. The molecule has 0 N–H and O–H groups in total. The van der Waals surface area contributed by atoms with Crippen molar-refractivity contribution in [1.82, 2.24) is 4.90 Å². The van der Waals surface area contributed by atoms with Crippen molar-refractivity contribution in [3.63, 3.8) is 0 Å². The summed E-state index contributed by atoms with van der Waals surface area (Å²) in [7, 11) is 0. The van der Waals surface area contributed by atoms with E-state index in [9.17, 15) is 9.18 Å². The van der Waals surface area contributed by atoms with E-state index in [1.807, 2.05) is 6.92 Å². The van der Waals surface area contributed by atoms with E-state index in [4.69, 9.17) is 0 Å². The van der Waals surface area contributed by atoms with E-state index in [0.29, 0.717) is 12.0 Å². The van der Waals surface area contributed by atoms with Gasteiger partial charge < -0.3 is 0 Å². The molecule has 1 fully saturated rings. The van der Waals surface area contributed by atoms with Crippen LogP contribution in [0.2, 0.25) is 0 Å². The third-order valence-corrected chi connectivity index (χ3v) is 4.34. The fourth-order valence-electron chi connectivity index (χ4n) is 3.00. The van der Waals surface area contributed by atoms with Crippen LogP contribution in [0.5, 0.6) is 0 Å². The van der Waals surface area contributed by atoms with Gasteiger partial charge in [0, 0.05) is 25.0 Å². The summed E-state index contributed by atoms with van der Waals surface area (Å²) in [5.41, 5.74) is 0.220. The van der Waals surface area contributed by atoms with E-state index in [2.05, 4.69) is 18.7 Å². The van der Waals surface area contributed by atoms with Crippen LogP contribution in [-0.4, -0.2) is 29.8 Å². The van der Waals surface area contributed by atoms with Crippen LogP contribution in [0.3, 0.4) is 0 Å². The van der Waals surface area contributed by atoms with Gasteiger partial charge in [-0.2, -0.15) is 0 Å². The van der Waals surface area contributed by atoms with Crippen LogP contribution < -0.4 is 0 Å². The minimum atomic E-state index is -0.413. The van der Waals surface area contributed by atoms with Crippen molar-refractivity contribution in [3.05, 3.63) is 35.6 Å². The first kappa shape index (κ1) is 15.2. The second-order valence-electron chi connectivity index (χ2n) is 6.23. The highest BCUT2D eigenvalue weighted by Crippen LogP contribution is 2.23. The molecule has 2 nitrogen and oxygen atoms in total.